The molecular weight excluding hydrogens is 241 g/mol. The van der Waals surface area contributed by atoms with E-state index in [2.05, 4.69) is 17.4 Å². The van der Waals surface area contributed by atoms with Crippen LogP contribution in [0.3, 0.4) is 0 Å². The molecule has 1 nitrogen and oxygen atoms in total. The lowest BCUT2D eigenvalue weighted by atomic mass is 10.3. The molecule has 6 heteroatoms. The van der Waals surface area contributed by atoms with E-state index in [1.807, 2.05) is 0 Å². The predicted molar refractivity (Wildman–Crippen MR) is 50.3 cm³/mol. The lowest BCUT2D eigenvalue weighted by Gasteiger charge is -2.07. The summed E-state index contributed by atoms with van der Waals surface area (Å²) in [6.45, 7) is -2.90. The molecule has 0 saturated carbocycles. The third kappa shape index (κ3) is 2.90. The van der Waals surface area contributed by atoms with E-state index >= 15 is 0 Å². The van der Waals surface area contributed by atoms with Crippen molar-refractivity contribution in [1.29, 1.82) is 0 Å². The number of benzene rings is 1. The van der Waals surface area contributed by atoms with E-state index in [0.29, 0.717) is 0 Å². The Bertz CT molecular complexity index is 320. The van der Waals surface area contributed by atoms with Crippen molar-refractivity contribution in [2.75, 3.05) is 0 Å². The van der Waals surface area contributed by atoms with Crippen LogP contribution in [0.2, 0.25) is 10.0 Å². The van der Waals surface area contributed by atoms with Crippen LogP contribution in [0.25, 0.3) is 0 Å². The fraction of sp³-hybridized carbons (Fsp3) is 0.143. The topological polar surface area (TPSA) is 9.23 Å². The first-order valence-electron chi connectivity index (χ1n) is 3.13. The second-order valence-electron chi connectivity index (χ2n) is 2.11. The summed E-state index contributed by atoms with van der Waals surface area (Å²) in [7, 11) is 0. The average molecular weight is 245 g/mol. The number of thiol groups is 1. The highest BCUT2D eigenvalue weighted by Gasteiger charge is 2.10. The molecule has 13 heavy (non-hydrogen) atoms. The van der Waals surface area contributed by atoms with Crippen LogP contribution in [0.1, 0.15) is 0 Å². The van der Waals surface area contributed by atoms with E-state index < -0.39 is 6.61 Å². The Labute approximate surface area is 89.0 Å². The van der Waals surface area contributed by atoms with Crippen LogP contribution in [0, 0.1) is 0 Å². The van der Waals surface area contributed by atoms with Gasteiger partial charge in [0.2, 0.25) is 0 Å². The summed E-state index contributed by atoms with van der Waals surface area (Å²) in [6, 6.07) is 2.53. The van der Waals surface area contributed by atoms with Gasteiger partial charge in [0.05, 0.1) is 10.0 Å². The van der Waals surface area contributed by atoms with Crippen molar-refractivity contribution in [3.63, 3.8) is 0 Å². The number of ether oxygens (including phenoxy) is 1. The van der Waals surface area contributed by atoms with Crippen molar-refractivity contribution < 1.29 is 13.5 Å². The van der Waals surface area contributed by atoms with E-state index in [-0.39, 0.29) is 20.7 Å². The van der Waals surface area contributed by atoms with Crippen LogP contribution < -0.4 is 4.74 Å². The molecule has 0 heterocycles. The number of alkyl halides is 2. The summed E-state index contributed by atoms with van der Waals surface area (Å²) in [4.78, 5) is 0.217. The molecule has 0 N–H and O–H groups in total. The van der Waals surface area contributed by atoms with Crippen molar-refractivity contribution in [2.45, 2.75) is 11.5 Å². The van der Waals surface area contributed by atoms with E-state index in [0.717, 1.165) is 0 Å². The second-order valence-corrected chi connectivity index (χ2v) is 3.41. The highest BCUT2D eigenvalue weighted by atomic mass is 35.5. The van der Waals surface area contributed by atoms with Gasteiger partial charge in [-0.05, 0) is 6.07 Å². The van der Waals surface area contributed by atoms with E-state index in [4.69, 9.17) is 23.2 Å². The first kappa shape index (κ1) is 10.9. The van der Waals surface area contributed by atoms with Crippen LogP contribution in [-0.2, 0) is 0 Å². The van der Waals surface area contributed by atoms with Crippen molar-refractivity contribution >= 4 is 35.8 Å². The molecule has 0 aromatic heterocycles. The molecule has 0 aliphatic carbocycles. The number of hydrogen-bond acceptors (Lipinski definition) is 2. The zero-order valence-electron chi connectivity index (χ0n) is 6.10. The van der Waals surface area contributed by atoms with Gasteiger partial charge in [-0.25, -0.2) is 0 Å². The molecule has 0 aliphatic rings. The summed E-state index contributed by atoms with van der Waals surface area (Å²) < 4.78 is 27.7. The van der Waals surface area contributed by atoms with Gasteiger partial charge in [-0.2, -0.15) is 8.78 Å². The van der Waals surface area contributed by atoms with Gasteiger partial charge in [-0.3, -0.25) is 0 Å². The van der Waals surface area contributed by atoms with Crippen LogP contribution in [-0.4, -0.2) is 6.61 Å². The van der Waals surface area contributed by atoms with Crippen molar-refractivity contribution in [3.8, 4) is 5.75 Å². The van der Waals surface area contributed by atoms with Gasteiger partial charge in [-0.15, -0.1) is 12.6 Å². The van der Waals surface area contributed by atoms with Crippen molar-refractivity contribution in [3.05, 3.63) is 22.2 Å². The monoisotopic (exact) mass is 244 g/mol. The summed E-state index contributed by atoms with van der Waals surface area (Å²) in [6.07, 6.45) is 0. The Morgan fingerprint density at radius 1 is 1.23 bits per heavy atom. The first-order chi connectivity index (χ1) is 6.00. The Morgan fingerprint density at radius 2 is 1.77 bits per heavy atom. The molecule has 0 bridgehead atoms. The molecule has 1 rings (SSSR count). The summed E-state index contributed by atoms with van der Waals surface area (Å²) in [5.41, 5.74) is 0. The van der Waals surface area contributed by atoms with Gasteiger partial charge in [-0.1, -0.05) is 23.2 Å². The van der Waals surface area contributed by atoms with E-state index in [1.165, 1.54) is 12.1 Å². The molecule has 72 valence electrons. The normalized spacial score (nSPS) is 10.6. The molecule has 0 unspecified atom stereocenters. The third-order valence-corrected chi connectivity index (χ3v) is 2.29. The Kier molecular flexibility index (Phi) is 3.64. The van der Waals surface area contributed by atoms with E-state index in [1.54, 1.807) is 0 Å². The van der Waals surface area contributed by atoms with Gasteiger partial charge < -0.3 is 4.74 Å². The quantitative estimate of drug-likeness (QED) is 0.778. The SMILES string of the molecule is FC(F)Oc1cc(Cl)c(Cl)cc1S. The standard InChI is InChI=1S/C7H4Cl2F2OS/c8-3-1-5(12-7(10)11)6(13)2-4(3)9/h1-2,7,13H. The largest absolute Gasteiger partial charge is 0.434 e. The van der Waals surface area contributed by atoms with Gasteiger partial charge in [0, 0.05) is 11.0 Å². The maximum atomic E-state index is 11.8. The molecule has 1 aromatic rings. The average Bonchev–Trinajstić information content (AvgIpc) is 1.99. The van der Waals surface area contributed by atoms with Gasteiger partial charge >= 0.3 is 6.61 Å². The minimum absolute atomic E-state index is 0.0901. The zero-order valence-corrected chi connectivity index (χ0v) is 8.51. The fourth-order valence-corrected chi connectivity index (χ4v) is 1.35. The molecule has 0 saturated heterocycles. The minimum atomic E-state index is -2.90. The van der Waals surface area contributed by atoms with Crippen molar-refractivity contribution in [1.82, 2.24) is 0 Å². The van der Waals surface area contributed by atoms with Crippen LogP contribution in [0.4, 0.5) is 8.78 Å². The highest BCUT2D eigenvalue weighted by Crippen LogP contribution is 2.33. The molecule has 0 fully saturated rings. The maximum Gasteiger partial charge on any atom is 0.387 e. The summed E-state index contributed by atoms with van der Waals surface area (Å²) >= 11 is 15.1. The maximum absolute atomic E-state index is 11.8. The smallest absolute Gasteiger partial charge is 0.387 e. The molecule has 0 spiro atoms. The second kappa shape index (κ2) is 4.35. The van der Waals surface area contributed by atoms with Crippen LogP contribution >= 0.6 is 35.8 Å². The van der Waals surface area contributed by atoms with Gasteiger partial charge in [0.25, 0.3) is 0 Å². The van der Waals surface area contributed by atoms with E-state index in [9.17, 15) is 8.78 Å². The third-order valence-electron chi connectivity index (χ3n) is 1.22. The van der Waals surface area contributed by atoms with Crippen LogP contribution in [0.15, 0.2) is 17.0 Å². The fourth-order valence-electron chi connectivity index (χ4n) is 0.708. The number of halogens is 4. The van der Waals surface area contributed by atoms with Crippen LogP contribution in [0.5, 0.6) is 5.75 Å². The molecule has 0 radical (unpaired) electrons. The summed E-state index contributed by atoms with van der Waals surface area (Å²) in [5.74, 6) is -0.0901. The first-order valence-corrected chi connectivity index (χ1v) is 4.34. The Balaban J connectivity index is 3.01. The lowest BCUT2D eigenvalue weighted by Crippen LogP contribution is -2.02. The minimum Gasteiger partial charge on any atom is -0.434 e. The number of rotatable bonds is 2. The molecule has 0 amide bonds. The predicted octanol–water partition coefficient (Wildman–Crippen LogP) is 3.88. The highest BCUT2D eigenvalue weighted by molar-refractivity contribution is 7.80. The zero-order chi connectivity index (χ0) is 10.0. The molecule has 1 aromatic carbocycles. The van der Waals surface area contributed by atoms with Crippen molar-refractivity contribution in [2.24, 2.45) is 0 Å². The van der Waals surface area contributed by atoms with Gasteiger partial charge in [0.15, 0.2) is 0 Å². The summed E-state index contributed by atoms with van der Waals surface area (Å²) in [5, 5.41) is 0.392. The molecular formula is C7H4Cl2F2OS. The molecule has 0 aliphatic heterocycles. The Morgan fingerprint density at radius 3 is 2.31 bits per heavy atom. The molecule has 0 atom stereocenters. The number of hydrogen-bond donors (Lipinski definition) is 1. The van der Waals surface area contributed by atoms with Gasteiger partial charge in [0.1, 0.15) is 5.75 Å². The Hall–Kier alpha value is -0.190. The lowest BCUT2D eigenvalue weighted by molar-refractivity contribution is -0.0516.